The second-order valence-corrected chi connectivity index (χ2v) is 7.79. The van der Waals surface area contributed by atoms with E-state index in [9.17, 15) is 4.79 Å². The van der Waals surface area contributed by atoms with Gasteiger partial charge in [0.25, 0.3) is 0 Å². The van der Waals surface area contributed by atoms with Crippen molar-refractivity contribution >= 4 is 5.91 Å². The molecule has 1 amide bonds. The first-order chi connectivity index (χ1) is 14.1. The SMILES string of the molecule is COc1ccccc1CN(CC(=O)N(C)Cc1ccccc1C)CC1CCCO1. The second-order valence-electron chi connectivity index (χ2n) is 7.79. The van der Waals surface area contributed by atoms with Gasteiger partial charge in [0.2, 0.25) is 5.91 Å². The van der Waals surface area contributed by atoms with Gasteiger partial charge in [-0.15, -0.1) is 0 Å². The number of carbonyl (C=O) groups excluding carboxylic acids is 1. The number of methoxy groups -OCH3 is 1. The number of benzene rings is 2. The van der Waals surface area contributed by atoms with Crippen molar-refractivity contribution in [3.63, 3.8) is 0 Å². The topological polar surface area (TPSA) is 42.0 Å². The van der Waals surface area contributed by atoms with Crippen LogP contribution in [0.5, 0.6) is 5.75 Å². The van der Waals surface area contributed by atoms with Gasteiger partial charge in [-0.25, -0.2) is 0 Å². The van der Waals surface area contributed by atoms with Gasteiger partial charge in [0.15, 0.2) is 0 Å². The van der Waals surface area contributed by atoms with Crippen LogP contribution in [-0.4, -0.2) is 55.7 Å². The number of hydrogen-bond donors (Lipinski definition) is 0. The quantitative estimate of drug-likeness (QED) is 0.649. The molecule has 5 heteroatoms. The van der Waals surface area contributed by atoms with E-state index in [1.165, 1.54) is 11.1 Å². The van der Waals surface area contributed by atoms with E-state index < -0.39 is 0 Å². The smallest absolute Gasteiger partial charge is 0.236 e. The number of nitrogens with zero attached hydrogens (tertiary/aromatic N) is 2. The maximum Gasteiger partial charge on any atom is 0.236 e. The van der Waals surface area contributed by atoms with Gasteiger partial charge in [-0.2, -0.15) is 0 Å². The first-order valence-corrected chi connectivity index (χ1v) is 10.3. The summed E-state index contributed by atoms with van der Waals surface area (Å²) in [7, 11) is 3.56. The van der Waals surface area contributed by atoms with E-state index in [0.717, 1.165) is 37.3 Å². The molecule has 5 nitrogen and oxygen atoms in total. The Balaban J connectivity index is 1.68. The molecule has 2 aromatic carbocycles. The summed E-state index contributed by atoms with van der Waals surface area (Å²) in [5.74, 6) is 0.965. The maximum absolute atomic E-state index is 13.0. The van der Waals surface area contributed by atoms with E-state index >= 15 is 0 Å². The van der Waals surface area contributed by atoms with Gasteiger partial charge in [0.05, 0.1) is 19.8 Å². The average Bonchev–Trinajstić information content (AvgIpc) is 3.23. The molecule has 0 N–H and O–H groups in total. The molecule has 1 aliphatic rings. The zero-order chi connectivity index (χ0) is 20.6. The molecule has 1 heterocycles. The van der Waals surface area contributed by atoms with E-state index in [2.05, 4.69) is 30.0 Å². The number of hydrogen-bond acceptors (Lipinski definition) is 4. The van der Waals surface area contributed by atoms with Crippen LogP contribution in [0.25, 0.3) is 0 Å². The second kappa shape index (κ2) is 10.4. The summed E-state index contributed by atoms with van der Waals surface area (Å²) in [6, 6.07) is 16.2. The Hall–Kier alpha value is -2.37. The van der Waals surface area contributed by atoms with Crippen molar-refractivity contribution < 1.29 is 14.3 Å². The lowest BCUT2D eigenvalue weighted by Gasteiger charge is -2.28. The van der Waals surface area contributed by atoms with E-state index in [1.807, 2.05) is 42.3 Å². The number of likely N-dealkylation sites (N-methyl/N-ethyl adjacent to an activating group) is 1. The molecule has 0 spiro atoms. The number of para-hydroxylation sites is 1. The molecule has 0 aliphatic carbocycles. The summed E-state index contributed by atoms with van der Waals surface area (Å²) in [6.45, 7) is 5.29. The van der Waals surface area contributed by atoms with Crippen molar-refractivity contribution in [3.05, 3.63) is 65.2 Å². The van der Waals surface area contributed by atoms with Gasteiger partial charge in [-0.1, -0.05) is 42.5 Å². The maximum atomic E-state index is 13.0. The first-order valence-electron chi connectivity index (χ1n) is 10.3. The fourth-order valence-corrected chi connectivity index (χ4v) is 3.78. The Kier molecular flexibility index (Phi) is 7.67. The Morgan fingerprint density at radius 1 is 1.10 bits per heavy atom. The van der Waals surface area contributed by atoms with Crippen LogP contribution in [0.15, 0.2) is 48.5 Å². The zero-order valence-corrected chi connectivity index (χ0v) is 17.8. The summed E-state index contributed by atoms with van der Waals surface area (Å²) in [4.78, 5) is 17.0. The van der Waals surface area contributed by atoms with Crippen molar-refractivity contribution in [1.82, 2.24) is 9.80 Å². The van der Waals surface area contributed by atoms with Crippen LogP contribution in [-0.2, 0) is 22.6 Å². The van der Waals surface area contributed by atoms with E-state index in [-0.39, 0.29) is 12.0 Å². The average molecular weight is 397 g/mol. The molecule has 0 radical (unpaired) electrons. The molecule has 29 heavy (non-hydrogen) atoms. The number of carbonyl (C=O) groups is 1. The minimum absolute atomic E-state index is 0.112. The predicted molar refractivity (Wildman–Crippen MR) is 115 cm³/mol. The zero-order valence-electron chi connectivity index (χ0n) is 17.8. The molecule has 1 atom stereocenters. The highest BCUT2D eigenvalue weighted by Gasteiger charge is 2.23. The van der Waals surface area contributed by atoms with Crippen LogP contribution in [0.3, 0.4) is 0 Å². The van der Waals surface area contributed by atoms with Gasteiger partial charge >= 0.3 is 0 Å². The molecule has 1 aliphatic heterocycles. The van der Waals surface area contributed by atoms with E-state index in [1.54, 1.807) is 7.11 Å². The fourth-order valence-electron chi connectivity index (χ4n) is 3.78. The first kappa shape index (κ1) is 21.3. The van der Waals surface area contributed by atoms with Crippen molar-refractivity contribution in [2.24, 2.45) is 0 Å². The third kappa shape index (κ3) is 6.05. The van der Waals surface area contributed by atoms with Gasteiger partial charge in [-0.3, -0.25) is 9.69 Å². The minimum atomic E-state index is 0.112. The third-order valence-electron chi connectivity index (χ3n) is 5.53. The molecular weight excluding hydrogens is 364 g/mol. The van der Waals surface area contributed by atoms with Crippen LogP contribution >= 0.6 is 0 Å². The lowest BCUT2D eigenvalue weighted by molar-refractivity contribution is -0.132. The molecule has 3 rings (SSSR count). The Bertz CT molecular complexity index is 802. The molecule has 0 bridgehead atoms. The highest BCUT2D eigenvalue weighted by atomic mass is 16.5. The van der Waals surface area contributed by atoms with E-state index in [4.69, 9.17) is 9.47 Å². The number of rotatable bonds is 9. The van der Waals surface area contributed by atoms with Crippen LogP contribution in [0.4, 0.5) is 0 Å². The van der Waals surface area contributed by atoms with Crippen molar-refractivity contribution in [1.29, 1.82) is 0 Å². The van der Waals surface area contributed by atoms with Crippen molar-refractivity contribution in [2.75, 3.05) is 33.9 Å². The summed E-state index contributed by atoms with van der Waals surface area (Å²) < 4.78 is 11.3. The predicted octanol–water partition coefficient (Wildman–Crippen LogP) is 3.64. The van der Waals surface area contributed by atoms with E-state index in [0.29, 0.717) is 19.6 Å². The van der Waals surface area contributed by atoms with Gasteiger partial charge in [0, 0.05) is 38.9 Å². The monoisotopic (exact) mass is 396 g/mol. The molecule has 156 valence electrons. The standard InChI is InChI=1S/C24H32N2O3/c1-19-9-4-5-10-20(19)15-25(2)24(27)18-26(17-22-12-8-14-29-22)16-21-11-6-7-13-23(21)28-3/h4-7,9-11,13,22H,8,12,14-18H2,1-3H3. The fraction of sp³-hybridized carbons (Fsp3) is 0.458. The molecule has 1 unspecified atom stereocenters. The van der Waals surface area contributed by atoms with Crippen LogP contribution < -0.4 is 4.74 Å². The van der Waals surface area contributed by atoms with Crippen LogP contribution in [0, 0.1) is 6.92 Å². The highest BCUT2D eigenvalue weighted by molar-refractivity contribution is 5.78. The summed E-state index contributed by atoms with van der Waals surface area (Å²) in [5, 5.41) is 0. The summed E-state index contributed by atoms with van der Waals surface area (Å²) in [6.07, 6.45) is 2.34. The molecule has 0 aromatic heterocycles. The van der Waals surface area contributed by atoms with Crippen LogP contribution in [0.1, 0.15) is 29.5 Å². The Morgan fingerprint density at radius 2 is 1.83 bits per heavy atom. The highest BCUT2D eigenvalue weighted by Crippen LogP contribution is 2.21. The lowest BCUT2D eigenvalue weighted by atomic mass is 10.1. The van der Waals surface area contributed by atoms with Gasteiger partial charge in [-0.05, 0) is 37.0 Å². The van der Waals surface area contributed by atoms with Crippen molar-refractivity contribution in [2.45, 2.75) is 39.0 Å². The molecule has 1 fully saturated rings. The summed E-state index contributed by atoms with van der Waals surface area (Å²) in [5.41, 5.74) is 3.47. The lowest BCUT2D eigenvalue weighted by Crippen LogP contribution is -2.41. The molecule has 1 saturated heterocycles. The van der Waals surface area contributed by atoms with Gasteiger partial charge in [0.1, 0.15) is 5.75 Å². The van der Waals surface area contributed by atoms with Crippen LogP contribution in [0.2, 0.25) is 0 Å². The van der Waals surface area contributed by atoms with Gasteiger partial charge < -0.3 is 14.4 Å². The third-order valence-corrected chi connectivity index (χ3v) is 5.53. The largest absolute Gasteiger partial charge is 0.496 e. The Morgan fingerprint density at radius 3 is 2.52 bits per heavy atom. The molecular formula is C24H32N2O3. The minimum Gasteiger partial charge on any atom is -0.496 e. The summed E-state index contributed by atoms with van der Waals surface area (Å²) >= 11 is 0. The van der Waals surface area contributed by atoms with Crippen molar-refractivity contribution in [3.8, 4) is 5.75 Å². The number of aryl methyl sites for hydroxylation is 1. The normalized spacial score (nSPS) is 16.2. The molecule has 2 aromatic rings. The number of amides is 1. The Labute approximate surface area is 174 Å². The number of ether oxygens (including phenoxy) is 2. The molecule has 0 saturated carbocycles.